The third-order valence-electron chi connectivity index (χ3n) is 4.28. The molecule has 4 aromatic rings. The largest absolute Gasteiger partial charge is 0.496 e. The Morgan fingerprint density at radius 1 is 1.24 bits per heavy atom. The Hall–Kier alpha value is -3.40. The molecule has 2 aromatic carbocycles. The lowest BCUT2D eigenvalue weighted by molar-refractivity contribution is 0.418. The Labute approximate surface area is 165 Å². The number of methoxy groups -OCH3 is 1. The van der Waals surface area contributed by atoms with E-state index in [9.17, 15) is 12.8 Å². The molecule has 4 rings (SSSR count). The number of benzene rings is 2. The van der Waals surface area contributed by atoms with Crippen molar-refractivity contribution < 1.29 is 22.1 Å². The van der Waals surface area contributed by atoms with Crippen molar-refractivity contribution in [3.63, 3.8) is 0 Å². The van der Waals surface area contributed by atoms with Crippen molar-refractivity contribution in [2.24, 2.45) is 0 Å². The summed E-state index contributed by atoms with van der Waals surface area (Å²) in [4.78, 5) is -0.208. The quantitative estimate of drug-likeness (QED) is 0.518. The minimum absolute atomic E-state index is 0.0376. The highest BCUT2D eigenvalue weighted by Gasteiger charge is 2.22. The van der Waals surface area contributed by atoms with Gasteiger partial charge in [-0.05, 0) is 54.4 Å². The first-order chi connectivity index (χ1) is 13.9. The Bertz CT molecular complexity index is 1260. The summed E-state index contributed by atoms with van der Waals surface area (Å²) in [5.41, 5.74) is 1.67. The van der Waals surface area contributed by atoms with Crippen LogP contribution in [0.5, 0.6) is 5.75 Å². The number of nitrogens with one attached hydrogen (secondary N) is 1. The van der Waals surface area contributed by atoms with Gasteiger partial charge in [0.15, 0.2) is 11.4 Å². The van der Waals surface area contributed by atoms with Crippen molar-refractivity contribution >= 4 is 26.8 Å². The van der Waals surface area contributed by atoms with Gasteiger partial charge >= 0.3 is 0 Å². The number of hydrogen-bond acceptors (Lipinski definition) is 6. The van der Waals surface area contributed by atoms with Gasteiger partial charge in [0, 0.05) is 12.4 Å². The maximum absolute atomic E-state index is 13.7. The van der Waals surface area contributed by atoms with Gasteiger partial charge in [0.25, 0.3) is 10.0 Å². The van der Waals surface area contributed by atoms with Gasteiger partial charge in [0.1, 0.15) is 17.0 Å². The second-order valence-corrected chi connectivity index (χ2v) is 8.16. The molecular weight excluding hydrogens is 399 g/mol. The van der Waals surface area contributed by atoms with Crippen LogP contribution < -0.4 is 9.46 Å². The van der Waals surface area contributed by atoms with E-state index in [-0.39, 0.29) is 10.7 Å². The van der Waals surface area contributed by atoms with Gasteiger partial charge in [-0.3, -0.25) is 9.40 Å². The van der Waals surface area contributed by atoms with Crippen LogP contribution in [-0.4, -0.2) is 30.5 Å². The number of sulfonamides is 1. The monoisotopic (exact) mass is 416 g/mol. The molecule has 0 spiro atoms. The molecular formula is C19H17FN4O4S. The van der Waals surface area contributed by atoms with E-state index < -0.39 is 15.8 Å². The molecule has 0 bridgehead atoms. The standard InChI is InChI=1S/C19H17FN4O4S/c1-12-6-14(20)10-15(7-12)29(25,26)23-19-18-16(27-2)8-13(9-17(18)28-22-19)11-24-5-3-4-21-24/h3-10H,11H2,1-2H3,(H,22,23). The summed E-state index contributed by atoms with van der Waals surface area (Å²) >= 11 is 0. The van der Waals surface area contributed by atoms with Crippen LogP contribution in [0.4, 0.5) is 10.2 Å². The Balaban J connectivity index is 1.73. The van der Waals surface area contributed by atoms with Gasteiger partial charge in [0.2, 0.25) is 0 Å². The second kappa shape index (κ2) is 7.21. The van der Waals surface area contributed by atoms with Crippen LogP contribution in [0.3, 0.4) is 0 Å². The molecule has 1 N–H and O–H groups in total. The molecule has 0 aliphatic rings. The smallest absolute Gasteiger partial charge is 0.263 e. The van der Waals surface area contributed by atoms with Crippen LogP contribution in [0.15, 0.2) is 58.2 Å². The van der Waals surface area contributed by atoms with Gasteiger partial charge in [-0.2, -0.15) is 5.10 Å². The SMILES string of the molecule is COc1cc(Cn2cccn2)cc2onc(NS(=O)(=O)c3cc(C)cc(F)c3)c12. The predicted octanol–water partition coefficient (Wildman–Crippen LogP) is 3.33. The average molecular weight is 416 g/mol. The molecule has 0 aliphatic heterocycles. The van der Waals surface area contributed by atoms with Gasteiger partial charge in [-0.1, -0.05) is 5.16 Å². The zero-order valence-corrected chi connectivity index (χ0v) is 16.4. The minimum Gasteiger partial charge on any atom is -0.496 e. The fourth-order valence-corrected chi connectivity index (χ4v) is 4.16. The third kappa shape index (κ3) is 3.79. The summed E-state index contributed by atoms with van der Waals surface area (Å²) in [6, 6.07) is 8.85. The zero-order valence-electron chi connectivity index (χ0n) is 15.6. The second-order valence-electron chi connectivity index (χ2n) is 6.48. The summed E-state index contributed by atoms with van der Waals surface area (Å²) in [7, 11) is -2.61. The number of aryl methyl sites for hydroxylation is 1. The lowest BCUT2D eigenvalue weighted by Gasteiger charge is -2.09. The van der Waals surface area contributed by atoms with Crippen LogP contribution in [0, 0.1) is 12.7 Å². The van der Waals surface area contributed by atoms with Gasteiger partial charge < -0.3 is 9.26 Å². The van der Waals surface area contributed by atoms with Crippen LogP contribution in [0.25, 0.3) is 11.0 Å². The van der Waals surface area contributed by atoms with Crippen molar-refractivity contribution in [2.45, 2.75) is 18.4 Å². The van der Waals surface area contributed by atoms with E-state index in [1.54, 1.807) is 29.9 Å². The van der Waals surface area contributed by atoms with Crippen molar-refractivity contribution in [2.75, 3.05) is 11.8 Å². The van der Waals surface area contributed by atoms with E-state index in [0.717, 1.165) is 11.6 Å². The lowest BCUT2D eigenvalue weighted by atomic mass is 10.1. The number of hydrogen-bond donors (Lipinski definition) is 1. The zero-order chi connectivity index (χ0) is 20.6. The van der Waals surface area contributed by atoms with E-state index >= 15 is 0 Å². The van der Waals surface area contributed by atoms with Crippen molar-refractivity contribution in [1.29, 1.82) is 0 Å². The summed E-state index contributed by atoms with van der Waals surface area (Å²) in [6.07, 6.45) is 3.49. The summed E-state index contributed by atoms with van der Waals surface area (Å²) in [5.74, 6) is -0.292. The molecule has 8 nitrogen and oxygen atoms in total. The summed E-state index contributed by atoms with van der Waals surface area (Å²) < 4.78 is 53.9. The summed E-state index contributed by atoms with van der Waals surface area (Å²) in [5, 5.41) is 8.36. The van der Waals surface area contributed by atoms with E-state index in [1.165, 1.54) is 19.2 Å². The van der Waals surface area contributed by atoms with Crippen LogP contribution in [0.1, 0.15) is 11.1 Å². The number of rotatable bonds is 6. The highest BCUT2D eigenvalue weighted by atomic mass is 32.2. The van der Waals surface area contributed by atoms with E-state index in [2.05, 4.69) is 15.0 Å². The number of anilines is 1. The topological polar surface area (TPSA) is 99.2 Å². The van der Waals surface area contributed by atoms with E-state index in [4.69, 9.17) is 9.26 Å². The molecule has 0 saturated heterocycles. The van der Waals surface area contributed by atoms with E-state index in [0.29, 0.717) is 28.8 Å². The molecule has 150 valence electrons. The van der Waals surface area contributed by atoms with Crippen LogP contribution in [0.2, 0.25) is 0 Å². The molecule has 10 heteroatoms. The maximum atomic E-state index is 13.7. The first-order valence-electron chi connectivity index (χ1n) is 8.59. The van der Waals surface area contributed by atoms with Gasteiger partial charge in [-0.15, -0.1) is 0 Å². The molecule has 2 heterocycles. The molecule has 29 heavy (non-hydrogen) atoms. The normalized spacial score (nSPS) is 11.7. The Kier molecular flexibility index (Phi) is 4.71. The highest BCUT2D eigenvalue weighted by Crippen LogP contribution is 2.35. The lowest BCUT2D eigenvalue weighted by Crippen LogP contribution is -2.14. The fraction of sp³-hybridized carbons (Fsp3) is 0.158. The molecule has 0 atom stereocenters. The highest BCUT2D eigenvalue weighted by molar-refractivity contribution is 7.92. The number of halogens is 1. The third-order valence-corrected chi connectivity index (χ3v) is 5.60. The number of ether oxygens (including phenoxy) is 1. The minimum atomic E-state index is -4.08. The Morgan fingerprint density at radius 2 is 2.07 bits per heavy atom. The van der Waals surface area contributed by atoms with Crippen LogP contribution >= 0.6 is 0 Å². The van der Waals surface area contributed by atoms with E-state index in [1.807, 2.05) is 12.3 Å². The van der Waals surface area contributed by atoms with Gasteiger partial charge in [-0.25, -0.2) is 12.8 Å². The first-order valence-corrected chi connectivity index (χ1v) is 10.1. The molecule has 2 aromatic heterocycles. The average Bonchev–Trinajstić information content (AvgIpc) is 3.30. The van der Waals surface area contributed by atoms with Crippen molar-refractivity contribution in [3.8, 4) is 5.75 Å². The summed E-state index contributed by atoms with van der Waals surface area (Å²) in [6.45, 7) is 2.08. The molecule has 0 saturated carbocycles. The Morgan fingerprint density at radius 3 is 2.76 bits per heavy atom. The molecule has 0 unspecified atom stereocenters. The fourth-order valence-electron chi connectivity index (χ4n) is 3.04. The molecule has 0 aliphatic carbocycles. The molecule has 0 amide bonds. The van der Waals surface area contributed by atoms with Crippen molar-refractivity contribution in [1.82, 2.24) is 14.9 Å². The number of fused-ring (bicyclic) bond motifs is 1. The number of aromatic nitrogens is 3. The molecule has 0 fully saturated rings. The first kappa shape index (κ1) is 18.9. The molecule has 0 radical (unpaired) electrons. The number of nitrogens with zero attached hydrogens (tertiary/aromatic N) is 3. The van der Waals surface area contributed by atoms with Gasteiger partial charge in [0.05, 0.1) is 18.6 Å². The van der Waals surface area contributed by atoms with Crippen LogP contribution in [-0.2, 0) is 16.6 Å². The predicted molar refractivity (Wildman–Crippen MR) is 104 cm³/mol. The van der Waals surface area contributed by atoms with Crippen molar-refractivity contribution in [3.05, 3.63) is 65.7 Å². The maximum Gasteiger partial charge on any atom is 0.263 e.